The molecule has 0 fully saturated rings. The molecule has 0 aliphatic heterocycles. The lowest BCUT2D eigenvalue weighted by molar-refractivity contribution is 0.101. The van der Waals surface area contributed by atoms with Crippen LogP contribution in [-0.2, 0) is 7.05 Å². The van der Waals surface area contributed by atoms with Gasteiger partial charge in [0.2, 0.25) is 0 Å². The molecule has 3 heterocycles. The molecule has 1 aromatic carbocycles. The lowest BCUT2D eigenvalue weighted by Gasteiger charge is -2.05. The monoisotopic (exact) mass is 369 g/mol. The van der Waals surface area contributed by atoms with Crippen molar-refractivity contribution >= 4 is 11.6 Å². The minimum absolute atomic E-state index is 0.193. The van der Waals surface area contributed by atoms with E-state index in [2.05, 4.69) is 20.3 Å². The van der Waals surface area contributed by atoms with Crippen molar-refractivity contribution in [2.24, 2.45) is 7.05 Å². The molecule has 0 radical (unpaired) electrons. The summed E-state index contributed by atoms with van der Waals surface area (Å²) in [6.07, 6.45) is 7.09. The Morgan fingerprint density at radius 2 is 1.64 bits per heavy atom. The molecule has 4 rings (SSSR count). The van der Waals surface area contributed by atoms with Crippen molar-refractivity contribution in [3.05, 3.63) is 84.7 Å². The lowest BCUT2D eigenvalue weighted by atomic mass is 10.1. The number of carbonyl (C=O) groups is 1. The molecule has 28 heavy (non-hydrogen) atoms. The van der Waals surface area contributed by atoms with Gasteiger partial charge in [0.05, 0.1) is 11.9 Å². The van der Waals surface area contributed by atoms with Crippen molar-refractivity contribution in [3.8, 4) is 22.5 Å². The van der Waals surface area contributed by atoms with E-state index in [4.69, 9.17) is 0 Å². The molecule has 4 aromatic rings. The molecule has 0 aliphatic rings. The van der Waals surface area contributed by atoms with E-state index in [1.54, 1.807) is 23.2 Å². The normalized spacial score (nSPS) is 10.6. The van der Waals surface area contributed by atoms with E-state index in [1.165, 1.54) is 0 Å². The predicted octanol–water partition coefficient (Wildman–Crippen LogP) is 4.10. The Balaban J connectivity index is 1.55. The van der Waals surface area contributed by atoms with Gasteiger partial charge in [-0.25, -0.2) is 9.97 Å². The smallest absolute Gasteiger partial charge is 0.272 e. The molecule has 0 saturated carbocycles. The first-order valence-corrected chi connectivity index (χ1v) is 8.88. The van der Waals surface area contributed by atoms with Gasteiger partial charge in [-0.2, -0.15) is 0 Å². The summed E-state index contributed by atoms with van der Waals surface area (Å²) < 4.78 is 1.79. The van der Waals surface area contributed by atoms with Crippen molar-refractivity contribution in [2.45, 2.75) is 6.92 Å². The zero-order chi connectivity index (χ0) is 19.5. The zero-order valence-electron chi connectivity index (χ0n) is 15.6. The van der Waals surface area contributed by atoms with Crippen LogP contribution in [0.5, 0.6) is 0 Å². The first-order chi connectivity index (χ1) is 13.6. The zero-order valence-corrected chi connectivity index (χ0v) is 15.6. The molecule has 0 spiro atoms. The summed E-state index contributed by atoms with van der Waals surface area (Å²) in [6.45, 7) is 1.90. The van der Waals surface area contributed by atoms with Crippen molar-refractivity contribution in [1.29, 1.82) is 0 Å². The van der Waals surface area contributed by atoms with Gasteiger partial charge < -0.3 is 9.88 Å². The number of hydrogen-bond acceptors (Lipinski definition) is 4. The van der Waals surface area contributed by atoms with Gasteiger partial charge in [-0.1, -0.05) is 30.3 Å². The second-order valence-corrected chi connectivity index (χ2v) is 6.53. The predicted molar refractivity (Wildman–Crippen MR) is 109 cm³/mol. The molecule has 1 amide bonds. The van der Waals surface area contributed by atoms with Gasteiger partial charge in [-0.15, -0.1) is 0 Å². The van der Waals surface area contributed by atoms with Crippen LogP contribution in [-0.4, -0.2) is 25.4 Å². The second kappa shape index (κ2) is 7.44. The molecular weight excluding hydrogens is 350 g/mol. The van der Waals surface area contributed by atoms with Gasteiger partial charge >= 0.3 is 0 Å². The van der Waals surface area contributed by atoms with Crippen LogP contribution in [0.2, 0.25) is 0 Å². The minimum atomic E-state index is -0.193. The average molecular weight is 369 g/mol. The number of nitrogens with one attached hydrogen (secondary N) is 1. The molecule has 0 bridgehead atoms. The fourth-order valence-corrected chi connectivity index (χ4v) is 2.90. The van der Waals surface area contributed by atoms with Crippen LogP contribution >= 0.6 is 0 Å². The maximum Gasteiger partial charge on any atom is 0.272 e. The number of pyridine rings is 1. The summed E-state index contributed by atoms with van der Waals surface area (Å²) in [5, 5.41) is 2.87. The summed E-state index contributed by atoms with van der Waals surface area (Å²) >= 11 is 0. The van der Waals surface area contributed by atoms with Gasteiger partial charge in [-0.3, -0.25) is 9.78 Å². The molecule has 0 saturated heterocycles. The number of anilines is 1. The van der Waals surface area contributed by atoms with E-state index in [9.17, 15) is 4.79 Å². The largest absolute Gasteiger partial charge is 0.346 e. The number of aryl methyl sites for hydroxylation is 2. The fourth-order valence-electron chi connectivity index (χ4n) is 2.90. The molecule has 0 unspecified atom stereocenters. The van der Waals surface area contributed by atoms with E-state index in [0.29, 0.717) is 17.2 Å². The summed E-state index contributed by atoms with van der Waals surface area (Å²) in [5.74, 6) is 0.478. The van der Waals surface area contributed by atoms with E-state index in [-0.39, 0.29) is 5.91 Å². The van der Waals surface area contributed by atoms with Crippen molar-refractivity contribution in [1.82, 2.24) is 19.5 Å². The van der Waals surface area contributed by atoms with Crippen molar-refractivity contribution in [3.63, 3.8) is 0 Å². The summed E-state index contributed by atoms with van der Waals surface area (Å²) in [5.41, 5.74) is 4.81. The maximum absolute atomic E-state index is 12.6. The van der Waals surface area contributed by atoms with E-state index >= 15 is 0 Å². The van der Waals surface area contributed by atoms with Crippen LogP contribution in [0.4, 0.5) is 5.69 Å². The van der Waals surface area contributed by atoms with Crippen molar-refractivity contribution < 1.29 is 4.79 Å². The number of aromatic nitrogens is 4. The quantitative estimate of drug-likeness (QED) is 0.588. The highest BCUT2D eigenvalue weighted by Crippen LogP contribution is 2.23. The van der Waals surface area contributed by atoms with E-state index in [1.807, 2.05) is 68.7 Å². The fraction of sp³-hybridized carbons (Fsp3) is 0.0909. The third kappa shape index (κ3) is 3.66. The first-order valence-electron chi connectivity index (χ1n) is 8.88. The number of carbonyl (C=O) groups excluding carboxylic acids is 1. The van der Waals surface area contributed by atoms with Gasteiger partial charge in [0.15, 0.2) is 5.82 Å². The molecule has 3 aromatic heterocycles. The average Bonchev–Trinajstić information content (AvgIpc) is 3.12. The number of rotatable bonds is 4. The van der Waals surface area contributed by atoms with Gasteiger partial charge in [-0.05, 0) is 25.1 Å². The van der Waals surface area contributed by atoms with Gasteiger partial charge in [0.1, 0.15) is 5.69 Å². The number of amides is 1. The summed E-state index contributed by atoms with van der Waals surface area (Å²) in [6, 6.07) is 15.3. The highest BCUT2D eigenvalue weighted by atomic mass is 16.1. The van der Waals surface area contributed by atoms with Crippen LogP contribution in [0.25, 0.3) is 22.5 Å². The number of nitrogens with zero attached hydrogens (tertiary/aromatic N) is 4. The molecule has 0 aliphatic carbocycles. The van der Waals surface area contributed by atoms with Gasteiger partial charge in [0, 0.05) is 48.0 Å². The maximum atomic E-state index is 12.6. The Kier molecular flexibility index (Phi) is 4.68. The van der Waals surface area contributed by atoms with E-state index in [0.717, 1.165) is 22.4 Å². The lowest BCUT2D eigenvalue weighted by Crippen LogP contribution is -2.15. The number of hydrogen-bond donors (Lipinski definition) is 1. The molecule has 0 atom stereocenters. The third-order valence-electron chi connectivity index (χ3n) is 4.42. The first kappa shape index (κ1) is 17.6. The van der Waals surface area contributed by atoms with E-state index < -0.39 is 0 Å². The summed E-state index contributed by atoms with van der Waals surface area (Å²) in [4.78, 5) is 25.7. The SMILES string of the molecule is Cc1ccc(NC(=O)c2cc(-c3cnc(-c4ccccc4)nc3)cn2C)cn1. The Bertz CT molecular complexity index is 1100. The Morgan fingerprint density at radius 1 is 0.893 bits per heavy atom. The van der Waals surface area contributed by atoms with Gasteiger partial charge in [0.25, 0.3) is 5.91 Å². The van der Waals surface area contributed by atoms with Crippen LogP contribution < -0.4 is 5.32 Å². The van der Waals surface area contributed by atoms with Crippen LogP contribution in [0, 0.1) is 6.92 Å². The standard InChI is InChI=1S/C22H19N5O/c1-15-8-9-19(13-23-15)26-22(28)20-10-17(14-27(20)2)18-11-24-21(25-12-18)16-6-4-3-5-7-16/h3-14H,1-2H3,(H,26,28). The molecule has 6 nitrogen and oxygen atoms in total. The highest BCUT2D eigenvalue weighted by molar-refractivity contribution is 6.04. The van der Waals surface area contributed by atoms with Crippen LogP contribution in [0.15, 0.2) is 73.3 Å². The van der Waals surface area contributed by atoms with Crippen LogP contribution in [0.1, 0.15) is 16.2 Å². The van der Waals surface area contributed by atoms with Crippen molar-refractivity contribution in [2.75, 3.05) is 5.32 Å². The minimum Gasteiger partial charge on any atom is -0.346 e. The Morgan fingerprint density at radius 3 is 2.32 bits per heavy atom. The molecular formula is C22H19N5O. The Labute approximate surface area is 162 Å². The molecule has 1 N–H and O–H groups in total. The topological polar surface area (TPSA) is 72.7 Å². The second-order valence-electron chi connectivity index (χ2n) is 6.53. The highest BCUT2D eigenvalue weighted by Gasteiger charge is 2.14. The Hall–Kier alpha value is -3.80. The molecule has 6 heteroatoms. The van der Waals surface area contributed by atoms with Crippen LogP contribution in [0.3, 0.4) is 0 Å². The molecule has 138 valence electrons. The third-order valence-corrected chi connectivity index (χ3v) is 4.42. The number of benzene rings is 1. The summed E-state index contributed by atoms with van der Waals surface area (Å²) in [7, 11) is 1.84.